The van der Waals surface area contributed by atoms with Crippen LogP contribution in [0.4, 0.5) is 0 Å². The normalized spacial score (nSPS) is 19.3. The number of carboxylic acids is 1. The second-order valence-corrected chi connectivity index (χ2v) is 7.21. The van der Waals surface area contributed by atoms with Crippen molar-refractivity contribution in [3.05, 3.63) is 29.8 Å². The molecule has 0 aromatic heterocycles. The topological polar surface area (TPSA) is 119 Å². The Bertz CT molecular complexity index is 809. The molecule has 1 aromatic carbocycles. The number of ether oxygens (including phenoxy) is 2. The smallest absolute Gasteiger partial charge is 0.331 e. The minimum Gasteiger partial charge on any atom is -0.486 e. The first-order valence-corrected chi connectivity index (χ1v) is 9.22. The fourth-order valence-electron chi connectivity index (χ4n) is 3.33. The van der Waals surface area contributed by atoms with Crippen molar-refractivity contribution in [2.45, 2.75) is 25.3 Å². The van der Waals surface area contributed by atoms with E-state index in [0.29, 0.717) is 50.6 Å². The summed E-state index contributed by atoms with van der Waals surface area (Å²) in [5.74, 6) is -1.08. The van der Waals surface area contributed by atoms with Crippen LogP contribution < -0.4 is 15.2 Å². The van der Waals surface area contributed by atoms with Gasteiger partial charge in [-0.1, -0.05) is 6.07 Å². The number of nitrogens with zero attached hydrogens (tertiary/aromatic N) is 1. The van der Waals surface area contributed by atoms with Gasteiger partial charge in [-0.15, -0.1) is 0 Å². The summed E-state index contributed by atoms with van der Waals surface area (Å²) in [6.45, 7) is 3.00. The molecule has 0 saturated carbocycles. The quantitative estimate of drug-likeness (QED) is 0.572. The van der Waals surface area contributed by atoms with Crippen LogP contribution >= 0.6 is 0 Å². The minimum absolute atomic E-state index is 0.158. The fourth-order valence-corrected chi connectivity index (χ4v) is 3.33. The van der Waals surface area contributed by atoms with Gasteiger partial charge in [0, 0.05) is 25.1 Å². The molecule has 3 N–H and O–H groups in total. The number of carbonyl (C=O) groups excluding carboxylic acids is 2. The number of hydrogen-bond acceptors (Lipinski definition) is 6. The lowest BCUT2D eigenvalue weighted by atomic mass is 9.82. The Labute approximate surface area is 162 Å². The second kappa shape index (κ2) is 8.02. The molecule has 1 saturated heterocycles. The van der Waals surface area contributed by atoms with Crippen molar-refractivity contribution >= 4 is 23.7 Å². The summed E-state index contributed by atoms with van der Waals surface area (Å²) in [6.07, 6.45) is 4.00. The first-order chi connectivity index (χ1) is 13.3. The summed E-state index contributed by atoms with van der Waals surface area (Å²) in [4.78, 5) is 37.5. The molecule has 0 bridgehead atoms. The Hall–Kier alpha value is -2.87. The molecule has 2 heterocycles. The van der Waals surface area contributed by atoms with Crippen molar-refractivity contribution in [3.63, 3.8) is 0 Å². The number of aliphatic carboxylic acids is 1. The lowest BCUT2D eigenvalue weighted by Crippen LogP contribution is -2.56. The van der Waals surface area contributed by atoms with Gasteiger partial charge < -0.3 is 25.2 Å². The number of piperidine rings is 1. The predicted octanol–water partition coefficient (Wildman–Crippen LogP) is 1.08. The third-order valence-electron chi connectivity index (χ3n) is 5.12. The zero-order valence-electron chi connectivity index (χ0n) is 15.7. The Morgan fingerprint density at radius 3 is 2.46 bits per heavy atom. The number of nitrogens with two attached hydrogens (primary N) is 1. The van der Waals surface area contributed by atoms with Gasteiger partial charge in [-0.05, 0) is 43.5 Å². The third-order valence-corrected chi connectivity index (χ3v) is 5.12. The van der Waals surface area contributed by atoms with E-state index in [9.17, 15) is 14.4 Å². The minimum atomic E-state index is -1.89. The van der Waals surface area contributed by atoms with E-state index in [0.717, 1.165) is 5.56 Å². The average molecular weight is 388 g/mol. The van der Waals surface area contributed by atoms with Gasteiger partial charge in [0.25, 0.3) is 0 Å². The molecule has 1 aromatic rings. The molecule has 150 valence electrons. The lowest BCUT2D eigenvalue weighted by Gasteiger charge is -2.33. The lowest BCUT2D eigenvalue weighted by molar-refractivity contribution is -0.149. The van der Waals surface area contributed by atoms with Gasteiger partial charge in [0.1, 0.15) is 13.2 Å². The van der Waals surface area contributed by atoms with Crippen LogP contribution in [0.15, 0.2) is 24.3 Å². The van der Waals surface area contributed by atoms with Gasteiger partial charge in [-0.25, -0.2) is 4.79 Å². The van der Waals surface area contributed by atoms with Crippen LogP contribution in [0, 0.1) is 5.92 Å². The van der Waals surface area contributed by atoms with Gasteiger partial charge in [-0.2, -0.15) is 0 Å². The molecule has 1 atom stereocenters. The van der Waals surface area contributed by atoms with Crippen LogP contribution in [0.25, 0.3) is 6.08 Å². The highest BCUT2D eigenvalue weighted by Gasteiger charge is 2.42. The van der Waals surface area contributed by atoms with Crippen molar-refractivity contribution in [3.8, 4) is 11.5 Å². The van der Waals surface area contributed by atoms with Gasteiger partial charge in [0.05, 0.1) is 0 Å². The molecule has 3 rings (SSSR count). The first-order valence-electron chi connectivity index (χ1n) is 9.22. The highest BCUT2D eigenvalue weighted by Crippen LogP contribution is 2.31. The van der Waals surface area contributed by atoms with Gasteiger partial charge in [-0.3, -0.25) is 9.59 Å². The number of likely N-dealkylation sites (tertiary alicyclic amines) is 1. The fraction of sp³-hybridized carbons (Fsp3) is 0.450. The molecule has 8 heteroatoms. The van der Waals surface area contributed by atoms with Crippen molar-refractivity contribution in [1.29, 1.82) is 0 Å². The SMILES string of the molecule is CC(N)(C(=O)O)C(=O)C1CCN(C(=O)C=Cc2ccc3c(c2)OCCO3)CC1. The number of amides is 1. The maximum absolute atomic E-state index is 12.4. The van der Waals surface area contributed by atoms with Crippen LogP contribution in [0.1, 0.15) is 25.3 Å². The van der Waals surface area contributed by atoms with Crippen LogP contribution in [0.5, 0.6) is 11.5 Å². The molecule has 1 amide bonds. The van der Waals surface area contributed by atoms with E-state index >= 15 is 0 Å². The summed E-state index contributed by atoms with van der Waals surface area (Å²) < 4.78 is 11.0. The first kappa shape index (κ1) is 19.9. The molecule has 2 aliphatic heterocycles. The van der Waals surface area contributed by atoms with Gasteiger partial charge in [0.15, 0.2) is 22.8 Å². The number of carbonyl (C=O) groups is 3. The van der Waals surface area contributed by atoms with E-state index in [4.69, 9.17) is 20.3 Å². The summed E-state index contributed by atoms with van der Waals surface area (Å²) in [5, 5.41) is 9.10. The van der Waals surface area contributed by atoms with E-state index in [2.05, 4.69) is 0 Å². The number of Topliss-reactive ketones (excluding diaryl/α,β-unsaturated/α-hetero) is 1. The number of benzene rings is 1. The van der Waals surface area contributed by atoms with Crippen LogP contribution in [-0.4, -0.2) is 59.5 Å². The van der Waals surface area contributed by atoms with E-state index < -0.39 is 23.2 Å². The number of fused-ring (bicyclic) bond motifs is 1. The van der Waals surface area contributed by atoms with Crippen molar-refractivity contribution in [2.75, 3.05) is 26.3 Å². The Morgan fingerprint density at radius 2 is 1.82 bits per heavy atom. The molecule has 0 radical (unpaired) electrons. The molecular formula is C20H24N2O6. The molecule has 0 spiro atoms. The zero-order chi connectivity index (χ0) is 20.3. The van der Waals surface area contributed by atoms with Crippen molar-refractivity contribution < 1.29 is 29.0 Å². The predicted molar refractivity (Wildman–Crippen MR) is 101 cm³/mol. The molecular weight excluding hydrogens is 364 g/mol. The van der Waals surface area contributed by atoms with Gasteiger partial charge in [0.2, 0.25) is 5.91 Å². The van der Waals surface area contributed by atoms with Gasteiger partial charge >= 0.3 is 5.97 Å². The maximum Gasteiger partial charge on any atom is 0.331 e. The molecule has 2 aliphatic rings. The number of ketones is 1. The van der Waals surface area contributed by atoms with E-state index in [1.807, 2.05) is 18.2 Å². The van der Waals surface area contributed by atoms with Crippen LogP contribution in [0.2, 0.25) is 0 Å². The monoisotopic (exact) mass is 388 g/mol. The molecule has 1 fully saturated rings. The molecule has 1 unspecified atom stereocenters. The average Bonchev–Trinajstić information content (AvgIpc) is 2.71. The van der Waals surface area contributed by atoms with E-state index in [-0.39, 0.29) is 5.91 Å². The van der Waals surface area contributed by atoms with E-state index in [1.165, 1.54) is 13.0 Å². The van der Waals surface area contributed by atoms with Crippen LogP contribution in [0.3, 0.4) is 0 Å². The van der Waals surface area contributed by atoms with E-state index in [1.54, 1.807) is 11.0 Å². The zero-order valence-corrected chi connectivity index (χ0v) is 15.7. The Morgan fingerprint density at radius 1 is 1.18 bits per heavy atom. The number of carboxylic acid groups (broad SMARTS) is 1. The highest BCUT2D eigenvalue weighted by atomic mass is 16.6. The maximum atomic E-state index is 12.4. The summed E-state index contributed by atoms with van der Waals surface area (Å²) >= 11 is 0. The largest absolute Gasteiger partial charge is 0.486 e. The van der Waals surface area contributed by atoms with Crippen LogP contribution in [-0.2, 0) is 14.4 Å². The van der Waals surface area contributed by atoms with Crippen molar-refractivity contribution in [2.24, 2.45) is 11.7 Å². The second-order valence-electron chi connectivity index (χ2n) is 7.21. The molecule has 8 nitrogen and oxygen atoms in total. The summed E-state index contributed by atoms with van der Waals surface area (Å²) in [7, 11) is 0. The Balaban J connectivity index is 1.56. The third kappa shape index (κ3) is 4.17. The molecule has 0 aliphatic carbocycles. The standard InChI is InChI=1S/C20H24N2O6/c1-20(21,19(25)26)18(24)14-6-8-22(9-7-14)17(23)5-3-13-2-4-15-16(12-13)28-11-10-27-15/h2-5,12,14H,6-11,21H2,1H3,(H,25,26). The Kier molecular flexibility index (Phi) is 5.69. The van der Waals surface area contributed by atoms with Crippen molar-refractivity contribution in [1.82, 2.24) is 4.90 Å². The molecule has 28 heavy (non-hydrogen) atoms. The number of hydrogen-bond donors (Lipinski definition) is 2. The highest BCUT2D eigenvalue weighted by molar-refractivity contribution is 6.08. The summed E-state index contributed by atoms with van der Waals surface area (Å²) in [5.41, 5.74) is 4.56. The summed E-state index contributed by atoms with van der Waals surface area (Å²) in [6, 6.07) is 5.47. The number of rotatable bonds is 5.